The average Bonchev–Trinajstić information content (AvgIpc) is 3.34. The number of carbonyl (C=O) groups excluding carboxylic acids is 2. The van der Waals surface area contributed by atoms with Gasteiger partial charge < -0.3 is 10.6 Å². The molecule has 1 aromatic heterocycles. The summed E-state index contributed by atoms with van der Waals surface area (Å²) in [6.45, 7) is -0.116. The summed E-state index contributed by atoms with van der Waals surface area (Å²) < 4.78 is 0. The Balaban J connectivity index is 1.64. The van der Waals surface area contributed by atoms with Gasteiger partial charge in [-0.05, 0) is 22.8 Å². The van der Waals surface area contributed by atoms with E-state index in [0.717, 1.165) is 27.1 Å². The zero-order valence-corrected chi connectivity index (χ0v) is 19.2. The van der Waals surface area contributed by atoms with Gasteiger partial charge in [0.25, 0.3) is 5.91 Å². The van der Waals surface area contributed by atoms with E-state index in [1.54, 1.807) is 0 Å². The Morgan fingerprint density at radius 1 is 0.853 bits per heavy atom. The number of benzene rings is 3. The SMILES string of the molecule is N#CCNC(=O)[C@H](Cc1ccccc1)NC(=O)c1cc(-c2ccccc2)c(-c2ccccc2)s1. The van der Waals surface area contributed by atoms with E-state index in [2.05, 4.69) is 10.6 Å². The Kier molecular flexibility index (Phi) is 7.49. The van der Waals surface area contributed by atoms with Crippen LogP contribution in [-0.4, -0.2) is 24.4 Å². The van der Waals surface area contributed by atoms with Crippen molar-refractivity contribution in [2.24, 2.45) is 0 Å². The van der Waals surface area contributed by atoms with E-state index < -0.39 is 6.04 Å². The molecule has 6 heteroatoms. The van der Waals surface area contributed by atoms with Crippen LogP contribution in [0.15, 0.2) is 97.1 Å². The van der Waals surface area contributed by atoms with Crippen LogP contribution in [0.3, 0.4) is 0 Å². The third-order valence-electron chi connectivity index (χ3n) is 5.32. The number of hydrogen-bond acceptors (Lipinski definition) is 4. The van der Waals surface area contributed by atoms with Gasteiger partial charge in [-0.1, -0.05) is 91.0 Å². The minimum absolute atomic E-state index is 0.116. The molecule has 1 atom stereocenters. The molecule has 0 bridgehead atoms. The molecule has 0 unspecified atom stereocenters. The van der Waals surface area contributed by atoms with Gasteiger partial charge in [0.2, 0.25) is 5.91 Å². The van der Waals surface area contributed by atoms with E-state index in [9.17, 15) is 9.59 Å². The molecule has 0 saturated carbocycles. The first-order valence-corrected chi connectivity index (χ1v) is 11.7. The molecular formula is C28H23N3O2S. The first-order chi connectivity index (χ1) is 16.7. The zero-order valence-electron chi connectivity index (χ0n) is 18.4. The summed E-state index contributed by atoms with van der Waals surface area (Å²) in [5.41, 5.74) is 3.93. The molecule has 0 spiro atoms. The highest BCUT2D eigenvalue weighted by Crippen LogP contribution is 2.39. The molecule has 0 aliphatic heterocycles. The van der Waals surface area contributed by atoms with Crippen molar-refractivity contribution in [3.8, 4) is 27.6 Å². The Morgan fingerprint density at radius 3 is 2.06 bits per heavy atom. The Morgan fingerprint density at radius 2 is 1.44 bits per heavy atom. The largest absolute Gasteiger partial charge is 0.341 e. The number of carbonyl (C=O) groups is 2. The molecule has 0 fully saturated rings. The number of amides is 2. The van der Waals surface area contributed by atoms with E-state index in [-0.39, 0.29) is 18.4 Å². The van der Waals surface area contributed by atoms with Gasteiger partial charge >= 0.3 is 0 Å². The average molecular weight is 466 g/mol. The van der Waals surface area contributed by atoms with E-state index in [1.165, 1.54) is 11.3 Å². The van der Waals surface area contributed by atoms with Crippen LogP contribution >= 0.6 is 11.3 Å². The Hall–Kier alpha value is -4.21. The minimum atomic E-state index is -0.800. The first-order valence-electron chi connectivity index (χ1n) is 10.9. The smallest absolute Gasteiger partial charge is 0.262 e. The lowest BCUT2D eigenvalue weighted by atomic mass is 10.0. The fraction of sp³-hybridized carbons (Fsp3) is 0.107. The van der Waals surface area contributed by atoms with E-state index in [4.69, 9.17) is 5.26 Å². The normalized spacial score (nSPS) is 11.3. The predicted octanol–water partition coefficient (Wildman–Crippen LogP) is 5.06. The zero-order chi connectivity index (χ0) is 23.8. The van der Waals surface area contributed by atoms with Crippen molar-refractivity contribution < 1.29 is 9.59 Å². The number of hydrogen-bond donors (Lipinski definition) is 2. The highest BCUT2D eigenvalue weighted by atomic mass is 32.1. The van der Waals surface area contributed by atoms with Crippen LogP contribution in [0, 0.1) is 11.3 Å². The van der Waals surface area contributed by atoms with Crippen LogP contribution in [0.1, 0.15) is 15.2 Å². The van der Waals surface area contributed by atoms with Crippen molar-refractivity contribution in [2.75, 3.05) is 6.54 Å². The quantitative estimate of drug-likeness (QED) is 0.357. The Labute approximate surface area is 202 Å². The standard InChI is InChI=1S/C28H23N3O2S/c29-16-17-30-27(32)24(18-20-10-4-1-5-11-20)31-28(33)25-19-23(21-12-6-2-7-13-21)26(34-25)22-14-8-3-9-15-22/h1-15,19,24H,17-18H2,(H,30,32)(H,31,33)/t24-/m0/s1. The number of nitrogens with one attached hydrogen (secondary N) is 2. The van der Waals surface area contributed by atoms with Gasteiger partial charge in [-0.25, -0.2) is 0 Å². The Bertz CT molecular complexity index is 1240. The number of nitrogens with zero attached hydrogens (tertiary/aromatic N) is 1. The van der Waals surface area contributed by atoms with Crippen LogP contribution in [0.2, 0.25) is 0 Å². The topological polar surface area (TPSA) is 82.0 Å². The molecule has 34 heavy (non-hydrogen) atoms. The molecule has 0 aliphatic carbocycles. The molecule has 2 N–H and O–H groups in total. The molecule has 0 aliphatic rings. The van der Waals surface area contributed by atoms with Gasteiger partial charge in [-0.2, -0.15) is 5.26 Å². The van der Waals surface area contributed by atoms with Crippen LogP contribution < -0.4 is 10.6 Å². The number of nitriles is 1. The maximum atomic E-state index is 13.3. The molecule has 0 saturated heterocycles. The fourth-order valence-electron chi connectivity index (χ4n) is 3.68. The highest BCUT2D eigenvalue weighted by Gasteiger charge is 2.24. The fourth-order valence-corrected chi connectivity index (χ4v) is 4.77. The molecule has 4 aromatic rings. The summed E-state index contributed by atoms with van der Waals surface area (Å²) in [6, 6.07) is 32.3. The van der Waals surface area contributed by atoms with Crippen LogP contribution in [-0.2, 0) is 11.2 Å². The van der Waals surface area contributed by atoms with E-state index in [0.29, 0.717) is 11.3 Å². The van der Waals surface area contributed by atoms with Gasteiger partial charge in [0.05, 0.1) is 10.9 Å². The minimum Gasteiger partial charge on any atom is -0.341 e. The number of rotatable bonds is 8. The summed E-state index contributed by atoms with van der Waals surface area (Å²) in [6.07, 6.45) is 0.326. The molecule has 3 aromatic carbocycles. The summed E-state index contributed by atoms with van der Waals surface area (Å²) >= 11 is 1.40. The maximum absolute atomic E-state index is 13.3. The predicted molar refractivity (Wildman–Crippen MR) is 135 cm³/mol. The van der Waals surface area contributed by atoms with Gasteiger partial charge in [0.1, 0.15) is 12.6 Å². The lowest BCUT2D eigenvalue weighted by Gasteiger charge is -2.17. The van der Waals surface area contributed by atoms with E-state index >= 15 is 0 Å². The lowest BCUT2D eigenvalue weighted by molar-refractivity contribution is -0.122. The molecule has 2 amide bonds. The summed E-state index contributed by atoms with van der Waals surface area (Å²) in [5, 5.41) is 14.3. The van der Waals surface area contributed by atoms with Crippen molar-refractivity contribution in [2.45, 2.75) is 12.5 Å². The summed E-state index contributed by atoms with van der Waals surface area (Å²) in [7, 11) is 0. The van der Waals surface area contributed by atoms with Crippen LogP contribution in [0.25, 0.3) is 21.6 Å². The molecule has 1 heterocycles. The summed E-state index contributed by atoms with van der Waals surface area (Å²) in [5.74, 6) is -0.709. The van der Waals surface area contributed by atoms with Crippen molar-refractivity contribution >= 4 is 23.2 Å². The second-order valence-electron chi connectivity index (χ2n) is 7.68. The van der Waals surface area contributed by atoms with Crippen molar-refractivity contribution in [1.82, 2.24) is 10.6 Å². The molecule has 0 radical (unpaired) electrons. The van der Waals surface area contributed by atoms with Crippen LogP contribution in [0.4, 0.5) is 0 Å². The van der Waals surface area contributed by atoms with Gasteiger partial charge in [-0.3, -0.25) is 9.59 Å². The van der Waals surface area contributed by atoms with Crippen molar-refractivity contribution in [3.63, 3.8) is 0 Å². The lowest BCUT2D eigenvalue weighted by Crippen LogP contribution is -2.48. The van der Waals surface area contributed by atoms with Crippen LogP contribution in [0.5, 0.6) is 0 Å². The maximum Gasteiger partial charge on any atom is 0.262 e. The van der Waals surface area contributed by atoms with E-state index in [1.807, 2.05) is 103 Å². The van der Waals surface area contributed by atoms with Crippen molar-refractivity contribution in [1.29, 1.82) is 5.26 Å². The number of thiophene rings is 1. The monoisotopic (exact) mass is 465 g/mol. The van der Waals surface area contributed by atoms with Crippen molar-refractivity contribution in [3.05, 3.63) is 108 Å². The van der Waals surface area contributed by atoms with Gasteiger partial charge in [0, 0.05) is 16.9 Å². The summed E-state index contributed by atoms with van der Waals surface area (Å²) in [4.78, 5) is 27.5. The third kappa shape index (κ3) is 5.58. The molecule has 5 nitrogen and oxygen atoms in total. The molecule has 168 valence electrons. The van der Waals surface area contributed by atoms with Gasteiger partial charge in [0.15, 0.2) is 0 Å². The first kappa shape index (κ1) is 23.0. The third-order valence-corrected chi connectivity index (χ3v) is 6.51. The second-order valence-corrected chi connectivity index (χ2v) is 8.73. The van der Waals surface area contributed by atoms with Gasteiger partial charge in [-0.15, -0.1) is 11.3 Å². The molecule has 4 rings (SSSR count). The second kappa shape index (κ2) is 11.1. The molecular weight excluding hydrogens is 442 g/mol. The highest BCUT2D eigenvalue weighted by molar-refractivity contribution is 7.18.